The van der Waals surface area contributed by atoms with Gasteiger partial charge in [0.15, 0.2) is 0 Å². The maximum atomic E-state index is 12.0. The van der Waals surface area contributed by atoms with Crippen molar-refractivity contribution < 1.29 is 4.79 Å². The number of carbonyl (C=O) groups is 1. The Bertz CT molecular complexity index is 671. The van der Waals surface area contributed by atoms with Gasteiger partial charge in [0.2, 0.25) is 5.91 Å². The van der Waals surface area contributed by atoms with Crippen LogP contribution in [0.2, 0.25) is 0 Å². The molecule has 1 amide bonds. The highest BCUT2D eigenvalue weighted by Gasteiger charge is 2.35. The molecule has 3 nitrogen and oxygen atoms in total. The molecule has 3 heterocycles. The number of fused-ring (bicyclic) bond motifs is 5. The molecule has 0 radical (unpaired) electrons. The number of benzene rings is 1. The predicted octanol–water partition coefficient (Wildman–Crippen LogP) is 3.09. The van der Waals surface area contributed by atoms with Crippen molar-refractivity contribution in [3.8, 4) is 0 Å². The van der Waals surface area contributed by atoms with E-state index in [1.54, 1.807) is 0 Å². The van der Waals surface area contributed by atoms with Crippen LogP contribution < -0.4 is 0 Å². The van der Waals surface area contributed by atoms with Gasteiger partial charge in [-0.1, -0.05) is 12.1 Å². The minimum Gasteiger partial charge on any atom is -0.356 e. The van der Waals surface area contributed by atoms with E-state index in [4.69, 9.17) is 0 Å². The van der Waals surface area contributed by atoms with E-state index in [0.29, 0.717) is 5.91 Å². The number of carbonyl (C=O) groups excluding carboxylic acids is 1. The number of aryl methyl sites for hydroxylation is 1. The highest BCUT2D eigenvalue weighted by atomic mass is 16.2. The number of nitrogens with one attached hydrogen (secondary N) is 1. The van der Waals surface area contributed by atoms with Crippen LogP contribution in [0.3, 0.4) is 0 Å². The maximum Gasteiger partial charge on any atom is 0.223 e. The molecule has 0 saturated carbocycles. The Hall–Kier alpha value is -1.77. The summed E-state index contributed by atoms with van der Waals surface area (Å²) in [5.41, 5.74) is 5.23. The van der Waals surface area contributed by atoms with Crippen molar-refractivity contribution in [3.63, 3.8) is 0 Å². The quantitative estimate of drug-likeness (QED) is 0.770. The van der Waals surface area contributed by atoms with E-state index >= 15 is 0 Å². The van der Waals surface area contributed by atoms with Gasteiger partial charge in [-0.15, -0.1) is 0 Å². The first kappa shape index (κ1) is 11.1. The van der Waals surface area contributed by atoms with Crippen LogP contribution in [0.5, 0.6) is 0 Å². The van der Waals surface area contributed by atoms with Gasteiger partial charge in [-0.05, 0) is 43.4 Å². The first-order valence-corrected chi connectivity index (χ1v) is 7.14. The largest absolute Gasteiger partial charge is 0.356 e. The SMILES string of the molecule is Cc1ccc2c3c([nH]c2c1)[C@H]1CCCC(=O)N1CC3. The summed E-state index contributed by atoms with van der Waals surface area (Å²) in [6.07, 6.45) is 3.84. The molecule has 1 fully saturated rings. The standard InChI is InChI=1S/C16H18N2O/c1-10-5-6-11-12-7-8-18-14(3-2-4-15(18)19)16(12)17-13(11)9-10/h5-6,9,14,17H,2-4,7-8H2,1H3/t14-/m1/s1. The van der Waals surface area contributed by atoms with Crippen molar-refractivity contribution in [2.45, 2.75) is 38.6 Å². The maximum absolute atomic E-state index is 12.0. The second-order valence-corrected chi connectivity index (χ2v) is 5.81. The zero-order valence-corrected chi connectivity index (χ0v) is 11.2. The molecule has 1 atom stereocenters. The Morgan fingerprint density at radius 2 is 2.21 bits per heavy atom. The van der Waals surface area contributed by atoms with Crippen molar-refractivity contribution >= 4 is 16.8 Å². The van der Waals surface area contributed by atoms with Crippen LogP contribution in [-0.2, 0) is 11.2 Å². The van der Waals surface area contributed by atoms with Crippen molar-refractivity contribution in [1.82, 2.24) is 9.88 Å². The third kappa shape index (κ3) is 1.54. The van der Waals surface area contributed by atoms with Gasteiger partial charge >= 0.3 is 0 Å². The number of piperidine rings is 1. The molecule has 19 heavy (non-hydrogen) atoms. The zero-order chi connectivity index (χ0) is 13.0. The van der Waals surface area contributed by atoms with Crippen LogP contribution in [0.15, 0.2) is 18.2 Å². The lowest BCUT2D eigenvalue weighted by Crippen LogP contribution is -2.42. The number of nitrogens with zero attached hydrogens (tertiary/aromatic N) is 1. The lowest BCUT2D eigenvalue weighted by molar-refractivity contribution is -0.137. The Balaban J connectivity index is 1.89. The van der Waals surface area contributed by atoms with Crippen LogP contribution in [-0.4, -0.2) is 22.3 Å². The van der Waals surface area contributed by atoms with E-state index in [2.05, 4.69) is 35.0 Å². The molecular weight excluding hydrogens is 236 g/mol. The number of rotatable bonds is 0. The van der Waals surface area contributed by atoms with E-state index in [1.165, 1.54) is 27.7 Å². The minimum absolute atomic E-state index is 0.290. The van der Waals surface area contributed by atoms with Gasteiger partial charge < -0.3 is 9.88 Å². The van der Waals surface area contributed by atoms with E-state index < -0.39 is 0 Å². The fourth-order valence-electron chi connectivity index (χ4n) is 3.68. The molecule has 2 aliphatic heterocycles. The monoisotopic (exact) mass is 254 g/mol. The van der Waals surface area contributed by atoms with E-state index in [1.807, 2.05) is 0 Å². The van der Waals surface area contributed by atoms with E-state index in [-0.39, 0.29) is 6.04 Å². The van der Waals surface area contributed by atoms with Crippen molar-refractivity contribution in [3.05, 3.63) is 35.0 Å². The summed E-state index contributed by atoms with van der Waals surface area (Å²) >= 11 is 0. The molecule has 2 aliphatic rings. The van der Waals surface area contributed by atoms with Crippen LogP contribution >= 0.6 is 0 Å². The highest BCUT2D eigenvalue weighted by Crippen LogP contribution is 2.39. The van der Waals surface area contributed by atoms with Crippen molar-refractivity contribution in [2.24, 2.45) is 0 Å². The van der Waals surface area contributed by atoms with Crippen LogP contribution in [0.1, 0.15) is 42.1 Å². The summed E-state index contributed by atoms with van der Waals surface area (Å²) < 4.78 is 0. The summed E-state index contributed by atoms with van der Waals surface area (Å²) in [6.45, 7) is 3.01. The number of amides is 1. The number of aromatic nitrogens is 1. The fourth-order valence-corrected chi connectivity index (χ4v) is 3.68. The first-order valence-electron chi connectivity index (χ1n) is 7.14. The fraction of sp³-hybridized carbons (Fsp3) is 0.438. The number of aromatic amines is 1. The Labute approximate surface area is 112 Å². The second kappa shape index (κ2) is 3.86. The minimum atomic E-state index is 0.290. The number of hydrogen-bond acceptors (Lipinski definition) is 1. The average Bonchev–Trinajstić information content (AvgIpc) is 2.77. The normalized spacial score (nSPS) is 22.5. The van der Waals surface area contributed by atoms with E-state index in [0.717, 1.165) is 32.2 Å². The second-order valence-electron chi connectivity index (χ2n) is 5.81. The van der Waals surface area contributed by atoms with Gasteiger partial charge in [-0.2, -0.15) is 0 Å². The summed E-state index contributed by atoms with van der Waals surface area (Å²) in [6, 6.07) is 6.90. The van der Waals surface area contributed by atoms with Gasteiger partial charge in [-0.3, -0.25) is 4.79 Å². The molecule has 4 rings (SSSR count). The van der Waals surface area contributed by atoms with Crippen molar-refractivity contribution in [2.75, 3.05) is 6.54 Å². The zero-order valence-electron chi connectivity index (χ0n) is 11.2. The molecule has 2 aromatic rings. The molecule has 1 N–H and O–H groups in total. The molecule has 1 saturated heterocycles. The van der Waals surface area contributed by atoms with Crippen molar-refractivity contribution in [1.29, 1.82) is 0 Å². The first-order chi connectivity index (χ1) is 9.24. The number of H-pyrrole nitrogens is 1. The topological polar surface area (TPSA) is 36.1 Å². The molecule has 3 heteroatoms. The molecule has 1 aromatic carbocycles. The molecule has 0 unspecified atom stereocenters. The average molecular weight is 254 g/mol. The number of hydrogen-bond donors (Lipinski definition) is 1. The highest BCUT2D eigenvalue weighted by molar-refractivity contribution is 5.87. The molecule has 1 aromatic heterocycles. The summed E-state index contributed by atoms with van der Waals surface area (Å²) in [7, 11) is 0. The molecule has 0 bridgehead atoms. The van der Waals surface area contributed by atoms with E-state index in [9.17, 15) is 4.79 Å². The van der Waals surface area contributed by atoms with Gasteiger partial charge in [0.05, 0.1) is 6.04 Å². The Kier molecular flexibility index (Phi) is 2.25. The Morgan fingerprint density at radius 3 is 3.11 bits per heavy atom. The van der Waals surface area contributed by atoms with Gasteiger partial charge in [0, 0.05) is 29.6 Å². The van der Waals surface area contributed by atoms with Crippen LogP contribution in [0.4, 0.5) is 0 Å². The van der Waals surface area contributed by atoms with Gasteiger partial charge in [0.1, 0.15) is 0 Å². The van der Waals surface area contributed by atoms with Gasteiger partial charge in [-0.25, -0.2) is 0 Å². The lowest BCUT2D eigenvalue weighted by Gasteiger charge is -2.39. The summed E-state index contributed by atoms with van der Waals surface area (Å²) in [4.78, 5) is 17.7. The molecule has 98 valence electrons. The smallest absolute Gasteiger partial charge is 0.223 e. The van der Waals surface area contributed by atoms with Crippen LogP contribution in [0.25, 0.3) is 10.9 Å². The molecular formula is C16H18N2O. The third-order valence-corrected chi connectivity index (χ3v) is 4.60. The lowest BCUT2D eigenvalue weighted by atomic mass is 9.90. The predicted molar refractivity (Wildman–Crippen MR) is 75.0 cm³/mol. The van der Waals surface area contributed by atoms with Gasteiger partial charge in [0.25, 0.3) is 0 Å². The molecule has 0 aliphatic carbocycles. The Morgan fingerprint density at radius 1 is 1.32 bits per heavy atom. The third-order valence-electron chi connectivity index (χ3n) is 4.60. The van der Waals surface area contributed by atoms with Crippen LogP contribution in [0, 0.1) is 6.92 Å². The summed E-state index contributed by atoms with van der Waals surface area (Å²) in [5, 5.41) is 1.35. The summed E-state index contributed by atoms with van der Waals surface area (Å²) in [5.74, 6) is 0.330. The molecule has 0 spiro atoms.